The molecule has 2 unspecified atom stereocenters. The van der Waals surface area contributed by atoms with Crippen LogP contribution in [0.1, 0.15) is 59.8 Å². The fourth-order valence-corrected chi connectivity index (χ4v) is 2.54. The number of hydrogen-bond acceptors (Lipinski definition) is 5. The molecule has 0 N–H and O–H groups in total. The van der Waals surface area contributed by atoms with Crippen molar-refractivity contribution in [3.8, 4) is 0 Å². The number of ketones is 1. The Hall–Kier alpha value is -1.39. The van der Waals surface area contributed by atoms with Gasteiger partial charge < -0.3 is 9.47 Å². The zero-order valence-corrected chi connectivity index (χ0v) is 13.4. The highest BCUT2D eigenvalue weighted by atomic mass is 16.6. The fourth-order valence-electron chi connectivity index (χ4n) is 2.54. The van der Waals surface area contributed by atoms with Crippen LogP contribution in [0, 0.1) is 11.8 Å². The molecule has 0 saturated heterocycles. The Morgan fingerprint density at radius 3 is 2.43 bits per heavy atom. The van der Waals surface area contributed by atoms with Crippen LogP contribution < -0.4 is 0 Å². The molecule has 1 saturated carbocycles. The molecular weight excluding hydrogens is 272 g/mol. The molecule has 0 aromatic carbocycles. The van der Waals surface area contributed by atoms with Crippen LogP contribution in [0.15, 0.2) is 0 Å². The van der Waals surface area contributed by atoms with Gasteiger partial charge in [-0.2, -0.15) is 0 Å². The maximum atomic E-state index is 12.0. The number of hydrogen-bond donors (Lipinski definition) is 0. The fraction of sp³-hybridized carbons (Fsp3) is 0.812. The first-order valence-corrected chi connectivity index (χ1v) is 7.64. The van der Waals surface area contributed by atoms with E-state index in [1.54, 1.807) is 6.92 Å². The molecule has 0 radical (unpaired) electrons. The summed E-state index contributed by atoms with van der Waals surface area (Å²) in [6.07, 6.45) is 2.41. The van der Waals surface area contributed by atoms with Crippen LogP contribution in [0.2, 0.25) is 0 Å². The smallest absolute Gasteiger partial charge is 0.316 e. The number of rotatable bonds is 4. The van der Waals surface area contributed by atoms with Crippen molar-refractivity contribution in [2.24, 2.45) is 11.8 Å². The minimum atomic E-state index is -0.659. The summed E-state index contributed by atoms with van der Waals surface area (Å²) in [6.45, 7) is 7.50. The molecule has 21 heavy (non-hydrogen) atoms. The molecule has 0 aromatic rings. The molecule has 5 nitrogen and oxygen atoms in total. The standard InChI is InChI=1S/C16H26O5/c1-5-20-15(19)12-8-6-11(7-9-13(12)17)10-14(18)21-16(2,3)4/h11-12H,5-10H2,1-4H3. The molecule has 0 aliphatic heterocycles. The van der Waals surface area contributed by atoms with Crippen molar-refractivity contribution >= 4 is 17.7 Å². The third-order valence-corrected chi connectivity index (χ3v) is 3.50. The Labute approximate surface area is 126 Å². The van der Waals surface area contributed by atoms with Gasteiger partial charge in [0.25, 0.3) is 0 Å². The molecule has 0 amide bonds. The van der Waals surface area contributed by atoms with E-state index in [-0.39, 0.29) is 24.3 Å². The van der Waals surface area contributed by atoms with E-state index in [1.807, 2.05) is 20.8 Å². The van der Waals surface area contributed by atoms with Gasteiger partial charge in [-0.3, -0.25) is 14.4 Å². The van der Waals surface area contributed by atoms with Crippen LogP contribution in [-0.2, 0) is 23.9 Å². The lowest BCUT2D eigenvalue weighted by molar-refractivity contribution is -0.156. The molecule has 2 atom stereocenters. The van der Waals surface area contributed by atoms with E-state index in [0.717, 1.165) is 0 Å². The zero-order chi connectivity index (χ0) is 16.0. The summed E-state index contributed by atoms with van der Waals surface area (Å²) in [5.41, 5.74) is -0.495. The lowest BCUT2D eigenvalue weighted by Gasteiger charge is -2.21. The van der Waals surface area contributed by atoms with Crippen molar-refractivity contribution in [3.05, 3.63) is 0 Å². The van der Waals surface area contributed by atoms with Gasteiger partial charge in [0.15, 0.2) is 0 Å². The number of Topliss-reactive ketones (excluding diaryl/α,β-unsaturated/α-hetero) is 1. The molecule has 0 bridgehead atoms. The largest absolute Gasteiger partial charge is 0.465 e. The van der Waals surface area contributed by atoms with Gasteiger partial charge in [-0.05, 0) is 52.9 Å². The Morgan fingerprint density at radius 1 is 1.19 bits per heavy atom. The predicted molar refractivity (Wildman–Crippen MR) is 77.6 cm³/mol. The first kappa shape index (κ1) is 17.7. The van der Waals surface area contributed by atoms with Gasteiger partial charge in [0.05, 0.1) is 6.61 Å². The van der Waals surface area contributed by atoms with E-state index >= 15 is 0 Å². The second-order valence-corrected chi connectivity index (χ2v) is 6.54. The monoisotopic (exact) mass is 298 g/mol. The Bertz CT molecular complexity index is 394. The van der Waals surface area contributed by atoms with Gasteiger partial charge in [0.1, 0.15) is 17.3 Å². The average molecular weight is 298 g/mol. The summed E-state index contributed by atoms with van der Waals surface area (Å²) in [6, 6.07) is 0. The van der Waals surface area contributed by atoms with Gasteiger partial charge in [-0.25, -0.2) is 0 Å². The Kier molecular flexibility index (Phi) is 6.37. The second kappa shape index (κ2) is 7.57. The SMILES string of the molecule is CCOC(=O)C1CCC(CC(=O)OC(C)(C)C)CCC1=O. The van der Waals surface area contributed by atoms with Gasteiger partial charge in [0, 0.05) is 12.8 Å². The van der Waals surface area contributed by atoms with Crippen molar-refractivity contribution in [3.63, 3.8) is 0 Å². The lowest BCUT2D eigenvalue weighted by atomic mass is 9.95. The van der Waals surface area contributed by atoms with Crippen molar-refractivity contribution in [2.45, 2.75) is 65.4 Å². The highest BCUT2D eigenvalue weighted by molar-refractivity contribution is 5.99. The topological polar surface area (TPSA) is 69.7 Å². The first-order valence-electron chi connectivity index (χ1n) is 7.64. The number of ether oxygens (including phenoxy) is 2. The third kappa shape index (κ3) is 6.27. The number of esters is 2. The zero-order valence-electron chi connectivity index (χ0n) is 13.4. The molecule has 1 rings (SSSR count). The molecule has 0 aromatic heterocycles. The number of carbonyl (C=O) groups is 3. The van der Waals surface area contributed by atoms with Crippen LogP contribution in [-0.4, -0.2) is 29.9 Å². The highest BCUT2D eigenvalue weighted by Crippen LogP contribution is 2.28. The summed E-state index contributed by atoms with van der Waals surface area (Å²) in [5, 5.41) is 0. The van der Waals surface area contributed by atoms with Crippen molar-refractivity contribution in [1.82, 2.24) is 0 Å². The van der Waals surface area contributed by atoms with E-state index in [1.165, 1.54) is 0 Å². The van der Waals surface area contributed by atoms with E-state index in [4.69, 9.17) is 9.47 Å². The minimum absolute atomic E-state index is 0.0693. The molecule has 1 aliphatic rings. The quantitative estimate of drug-likeness (QED) is 0.453. The molecule has 120 valence electrons. The van der Waals surface area contributed by atoms with Crippen LogP contribution >= 0.6 is 0 Å². The molecule has 0 heterocycles. The summed E-state index contributed by atoms with van der Waals surface area (Å²) in [4.78, 5) is 35.6. The Morgan fingerprint density at radius 2 is 1.86 bits per heavy atom. The van der Waals surface area contributed by atoms with E-state index in [0.29, 0.717) is 32.1 Å². The van der Waals surface area contributed by atoms with E-state index < -0.39 is 17.5 Å². The highest BCUT2D eigenvalue weighted by Gasteiger charge is 2.32. The van der Waals surface area contributed by atoms with Crippen molar-refractivity contribution in [2.75, 3.05) is 6.61 Å². The second-order valence-electron chi connectivity index (χ2n) is 6.54. The van der Waals surface area contributed by atoms with Gasteiger partial charge in [0.2, 0.25) is 0 Å². The summed E-state index contributed by atoms with van der Waals surface area (Å²) in [7, 11) is 0. The average Bonchev–Trinajstić information content (AvgIpc) is 2.50. The summed E-state index contributed by atoms with van der Waals surface area (Å²) < 4.78 is 10.2. The van der Waals surface area contributed by atoms with Crippen LogP contribution in [0.3, 0.4) is 0 Å². The first-order chi connectivity index (χ1) is 9.73. The minimum Gasteiger partial charge on any atom is -0.465 e. The van der Waals surface area contributed by atoms with E-state index in [9.17, 15) is 14.4 Å². The predicted octanol–water partition coefficient (Wildman–Crippen LogP) is 2.66. The molecular formula is C16H26O5. The van der Waals surface area contributed by atoms with Crippen molar-refractivity contribution in [1.29, 1.82) is 0 Å². The van der Waals surface area contributed by atoms with Crippen LogP contribution in [0.25, 0.3) is 0 Å². The third-order valence-electron chi connectivity index (χ3n) is 3.50. The molecule has 5 heteroatoms. The maximum absolute atomic E-state index is 12.0. The summed E-state index contributed by atoms with van der Waals surface area (Å²) >= 11 is 0. The van der Waals surface area contributed by atoms with E-state index in [2.05, 4.69) is 0 Å². The molecule has 1 fully saturated rings. The molecule has 1 aliphatic carbocycles. The normalized spacial score (nSPS) is 23.3. The molecule has 0 spiro atoms. The van der Waals surface area contributed by atoms with Crippen LogP contribution in [0.5, 0.6) is 0 Å². The number of carbonyl (C=O) groups excluding carboxylic acids is 3. The van der Waals surface area contributed by atoms with Gasteiger partial charge in [-0.1, -0.05) is 0 Å². The lowest BCUT2D eigenvalue weighted by Crippen LogP contribution is -2.25. The van der Waals surface area contributed by atoms with Crippen molar-refractivity contribution < 1.29 is 23.9 Å². The van der Waals surface area contributed by atoms with Gasteiger partial charge in [-0.15, -0.1) is 0 Å². The maximum Gasteiger partial charge on any atom is 0.316 e. The summed E-state index contributed by atoms with van der Waals surface area (Å²) in [5.74, 6) is -1.30. The van der Waals surface area contributed by atoms with Gasteiger partial charge >= 0.3 is 11.9 Å². The van der Waals surface area contributed by atoms with Crippen LogP contribution in [0.4, 0.5) is 0 Å². The Balaban J connectivity index is 2.53.